The Kier molecular flexibility index (Phi) is 9.22. The van der Waals surface area contributed by atoms with Gasteiger partial charge in [0.1, 0.15) is 9.79 Å². The van der Waals surface area contributed by atoms with Crippen molar-refractivity contribution in [2.45, 2.75) is 29.7 Å². The zero-order valence-corrected chi connectivity index (χ0v) is 22.9. The van der Waals surface area contributed by atoms with E-state index in [9.17, 15) is 34.4 Å². The standard InChI is InChI=1S/C20H26N4O8S4/c1-13(2)21-20(33)22-16-9-7-14(18(11-16)34(25,26)27)5-6-15-8-10-17(12-19(15)35(28,29)30)23-36(31,32)24(3)4/h5-13,23H,1-4H3,(H2,21,22,33)(H,25,26,27)(H,28,29,30). The summed E-state index contributed by atoms with van der Waals surface area (Å²) in [4.78, 5) is -1.12. The lowest BCUT2D eigenvalue weighted by atomic mass is 10.1. The number of hydrogen-bond acceptors (Lipinski definition) is 7. The van der Waals surface area contributed by atoms with E-state index in [-0.39, 0.29) is 33.7 Å². The zero-order valence-electron chi connectivity index (χ0n) is 19.6. The molecule has 0 amide bonds. The van der Waals surface area contributed by atoms with Crippen molar-refractivity contribution in [2.24, 2.45) is 0 Å². The molecule has 12 nitrogen and oxygen atoms in total. The summed E-state index contributed by atoms with van der Waals surface area (Å²) in [5.74, 6) is 0. The topological polar surface area (TPSA) is 182 Å². The lowest BCUT2D eigenvalue weighted by molar-refractivity contribution is 0.480. The van der Waals surface area contributed by atoms with E-state index in [1.807, 2.05) is 13.8 Å². The minimum absolute atomic E-state index is 0.00413. The smallest absolute Gasteiger partial charge is 0.301 e. The number of thiocarbonyl (C=S) groups is 1. The monoisotopic (exact) mass is 578 g/mol. The van der Waals surface area contributed by atoms with E-state index in [1.165, 1.54) is 50.5 Å². The van der Waals surface area contributed by atoms with Crippen LogP contribution >= 0.6 is 12.2 Å². The molecule has 5 N–H and O–H groups in total. The van der Waals surface area contributed by atoms with Gasteiger partial charge in [-0.1, -0.05) is 24.3 Å². The molecule has 0 bridgehead atoms. The van der Waals surface area contributed by atoms with Crippen LogP contribution in [-0.2, 0) is 30.4 Å². The number of benzene rings is 2. The van der Waals surface area contributed by atoms with Crippen molar-refractivity contribution < 1.29 is 34.4 Å². The Balaban J connectivity index is 2.50. The fraction of sp³-hybridized carbons (Fsp3) is 0.250. The maximum absolute atomic E-state index is 12.0. The Morgan fingerprint density at radius 3 is 1.72 bits per heavy atom. The van der Waals surface area contributed by atoms with Crippen molar-refractivity contribution in [1.29, 1.82) is 0 Å². The van der Waals surface area contributed by atoms with Gasteiger partial charge in [-0.05, 0) is 61.5 Å². The first-order valence-corrected chi connectivity index (χ1v) is 14.8. The van der Waals surface area contributed by atoms with Crippen LogP contribution in [-0.4, -0.2) is 63.9 Å². The number of nitrogens with zero attached hydrogens (tertiary/aromatic N) is 1. The predicted molar refractivity (Wildman–Crippen MR) is 142 cm³/mol. The third kappa shape index (κ3) is 8.22. The molecule has 0 saturated heterocycles. The summed E-state index contributed by atoms with van der Waals surface area (Å²) in [5, 5.41) is 5.96. The molecule has 36 heavy (non-hydrogen) atoms. The molecule has 0 saturated carbocycles. The van der Waals surface area contributed by atoms with Crippen molar-refractivity contribution in [3.05, 3.63) is 47.5 Å². The lowest BCUT2D eigenvalue weighted by Crippen LogP contribution is -2.33. The van der Waals surface area contributed by atoms with Crippen LogP contribution in [0.25, 0.3) is 12.2 Å². The molecule has 0 aliphatic rings. The molecular formula is C20H26N4O8S4. The van der Waals surface area contributed by atoms with E-state index < -0.39 is 40.2 Å². The van der Waals surface area contributed by atoms with Gasteiger partial charge in [0.15, 0.2) is 5.11 Å². The maximum Gasteiger partial charge on any atom is 0.301 e. The Morgan fingerprint density at radius 1 is 0.861 bits per heavy atom. The van der Waals surface area contributed by atoms with Gasteiger partial charge in [0.2, 0.25) is 0 Å². The van der Waals surface area contributed by atoms with E-state index in [2.05, 4.69) is 15.4 Å². The highest BCUT2D eigenvalue weighted by Gasteiger charge is 2.19. The quantitative estimate of drug-likeness (QED) is 0.167. The molecule has 198 valence electrons. The Hall–Kier alpha value is -2.60. The van der Waals surface area contributed by atoms with Crippen LogP contribution in [0, 0.1) is 0 Å². The second-order valence-electron chi connectivity index (χ2n) is 7.93. The van der Waals surface area contributed by atoms with E-state index in [0.717, 1.165) is 16.4 Å². The number of nitrogens with one attached hydrogen (secondary N) is 3. The van der Waals surface area contributed by atoms with Crippen LogP contribution in [0.1, 0.15) is 25.0 Å². The van der Waals surface area contributed by atoms with E-state index in [1.54, 1.807) is 0 Å². The molecule has 2 aromatic carbocycles. The van der Waals surface area contributed by atoms with Gasteiger partial charge in [-0.3, -0.25) is 13.8 Å². The molecule has 16 heteroatoms. The molecule has 0 aliphatic heterocycles. The highest BCUT2D eigenvalue weighted by atomic mass is 32.2. The fourth-order valence-electron chi connectivity index (χ4n) is 2.78. The van der Waals surface area contributed by atoms with E-state index in [4.69, 9.17) is 12.2 Å². The van der Waals surface area contributed by atoms with E-state index in [0.29, 0.717) is 0 Å². The van der Waals surface area contributed by atoms with Gasteiger partial charge in [0.25, 0.3) is 20.2 Å². The van der Waals surface area contributed by atoms with Crippen molar-refractivity contribution in [2.75, 3.05) is 24.1 Å². The van der Waals surface area contributed by atoms with Gasteiger partial charge in [-0.2, -0.15) is 29.6 Å². The minimum atomic E-state index is -4.80. The van der Waals surface area contributed by atoms with Gasteiger partial charge in [-0.25, -0.2) is 0 Å². The van der Waals surface area contributed by atoms with Gasteiger partial charge in [0, 0.05) is 25.8 Å². The summed E-state index contributed by atoms with van der Waals surface area (Å²) < 4.78 is 94.3. The Labute approximate surface area is 216 Å². The molecule has 0 atom stereocenters. The molecule has 2 rings (SSSR count). The second kappa shape index (κ2) is 11.2. The van der Waals surface area contributed by atoms with Gasteiger partial charge < -0.3 is 10.6 Å². The molecule has 0 spiro atoms. The van der Waals surface area contributed by atoms with Crippen LogP contribution in [0.3, 0.4) is 0 Å². The number of hydrogen-bond donors (Lipinski definition) is 5. The number of rotatable bonds is 9. The van der Waals surface area contributed by atoms with Gasteiger partial charge >= 0.3 is 10.2 Å². The first kappa shape index (κ1) is 29.6. The molecule has 0 heterocycles. The summed E-state index contributed by atoms with van der Waals surface area (Å²) in [5.41, 5.74) is 0.0724. The highest BCUT2D eigenvalue weighted by Crippen LogP contribution is 2.26. The third-order valence-electron chi connectivity index (χ3n) is 4.43. The molecule has 0 fully saturated rings. The largest absolute Gasteiger partial charge is 0.360 e. The van der Waals surface area contributed by atoms with Crippen LogP contribution in [0.2, 0.25) is 0 Å². The summed E-state index contributed by atoms with van der Waals surface area (Å²) in [6.45, 7) is 3.71. The maximum atomic E-state index is 12.0. The predicted octanol–water partition coefficient (Wildman–Crippen LogP) is 2.26. The van der Waals surface area contributed by atoms with Crippen molar-refractivity contribution >= 4 is 71.3 Å². The highest BCUT2D eigenvalue weighted by molar-refractivity contribution is 7.90. The van der Waals surface area contributed by atoms with Crippen LogP contribution in [0.4, 0.5) is 11.4 Å². The first-order valence-electron chi connectivity index (χ1n) is 10.1. The summed E-state index contributed by atoms with van der Waals surface area (Å²) >= 11 is 5.13. The summed E-state index contributed by atoms with van der Waals surface area (Å²) in [6, 6.07) is 7.40. The zero-order chi connectivity index (χ0) is 27.5. The average Bonchev–Trinajstić information content (AvgIpc) is 2.71. The first-order chi connectivity index (χ1) is 16.4. The van der Waals surface area contributed by atoms with Crippen LogP contribution < -0.4 is 15.4 Å². The Bertz CT molecular complexity index is 1500. The van der Waals surface area contributed by atoms with Gasteiger partial charge in [-0.15, -0.1) is 0 Å². The van der Waals surface area contributed by atoms with Gasteiger partial charge in [0.05, 0.1) is 5.69 Å². The van der Waals surface area contributed by atoms with Crippen LogP contribution in [0.5, 0.6) is 0 Å². The minimum Gasteiger partial charge on any atom is -0.360 e. The fourth-order valence-corrected chi connectivity index (χ4v) is 5.16. The normalized spacial score (nSPS) is 12.8. The van der Waals surface area contributed by atoms with E-state index >= 15 is 0 Å². The third-order valence-corrected chi connectivity index (χ3v) is 7.92. The van der Waals surface area contributed by atoms with Crippen molar-refractivity contribution in [1.82, 2.24) is 9.62 Å². The average molecular weight is 579 g/mol. The molecule has 0 unspecified atom stereocenters. The molecule has 0 radical (unpaired) electrons. The summed E-state index contributed by atoms with van der Waals surface area (Å²) in [7, 11) is -10.9. The molecule has 2 aromatic rings. The van der Waals surface area contributed by atoms with Crippen molar-refractivity contribution in [3.8, 4) is 0 Å². The lowest BCUT2D eigenvalue weighted by Gasteiger charge is -2.15. The molecular weight excluding hydrogens is 553 g/mol. The molecule has 0 aromatic heterocycles. The van der Waals surface area contributed by atoms with Crippen LogP contribution in [0.15, 0.2) is 46.2 Å². The molecule has 0 aliphatic carbocycles. The Morgan fingerprint density at radius 2 is 1.31 bits per heavy atom. The SMILES string of the molecule is CC(C)NC(=S)Nc1ccc(C=Cc2ccc(NS(=O)(=O)N(C)C)cc2S(=O)(=O)O)c(S(=O)(=O)O)c1. The second-order valence-corrected chi connectivity index (χ2v) is 13.0. The number of anilines is 2. The van der Waals surface area contributed by atoms with Crippen molar-refractivity contribution in [3.63, 3.8) is 0 Å². The summed E-state index contributed by atoms with van der Waals surface area (Å²) in [6.07, 6.45) is 2.40.